The summed E-state index contributed by atoms with van der Waals surface area (Å²) in [6, 6.07) is 3.20. The predicted molar refractivity (Wildman–Crippen MR) is 78.3 cm³/mol. The normalized spacial score (nSPS) is 19.5. The number of nitrogens with zero attached hydrogens (tertiary/aromatic N) is 1. The van der Waals surface area contributed by atoms with Gasteiger partial charge in [-0.3, -0.25) is 9.59 Å². The quantitative estimate of drug-likeness (QED) is 0.834. The molecule has 2 atom stereocenters. The number of likely N-dealkylation sites (tertiary alicyclic amines) is 1. The third kappa shape index (κ3) is 4.69. The summed E-state index contributed by atoms with van der Waals surface area (Å²) in [5.41, 5.74) is 0.166. The van der Waals surface area contributed by atoms with E-state index in [-0.39, 0.29) is 24.4 Å². The van der Waals surface area contributed by atoms with Crippen LogP contribution >= 0.6 is 0 Å². The van der Waals surface area contributed by atoms with Gasteiger partial charge in [0.1, 0.15) is 5.82 Å². The molecule has 1 heterocycles. The molecule has 0 aromatic heterocycles. The van der Waals surface area contributed by atoms with Crippen molar-refractivity contribution >= 4 is 11.8 Å². The van der Waals surface area contributed by atoms with Crippen molar-refractivity contribution in [1.29, 1.82) is 0 Å². The van der Waals surface area contributed by atoms with Gasteiger partial charge in [0.2, 0.25) is 11.8 Å². The first-order valence-corrected chi connectivity index (χ1v) is 7.60. The van der Waals surface area contributed by atoms with E-state index in [1.54, 1.807) is 6.92 Å². The summed E-state index contributed by atoms with van der Waals surface area (Å²) in [6.07, 6.45) is -5.77. The predicted octanol–water partition coefficient (Wildman–Crippen LogP) is 2.80. The van der Waals surface area contributed by atoms with Gasteiger partial charge in [-0.05, 0) is 24.6 Å². The lowest BCUT2D eigenvalue weighted by atomic mass is 10.0. The number of hydrogen-bond donors (Lipinski definition) is 1. The summed E-state index contributed by atoms with van der Waals surface area (Å²) in [6.45, 7) is 2.42. The first-order valence-electron chi connectivity index (χ1n) is 7.60. The average molecular weight is 346 g/mol. The van der Waals surface area contributed by atoms with Crippen LogP contribution in [0.3, 0.4) is 0 Å². The summed E-state index contributed by atoms with van der Waals surface area (Å²) in [5, 5.41) is 2.36. The van der Waals surface area contributed by atoms with Crippen molar-refractivity contribution in [2.24, 2.45) is 5.92 Å². The summed E-state index contributed by atoms with van der Waals surface area (Å²) in [7, 11) is 0. The molecule has 2 amide bonds. The van der Waals surface area contributed by atoms with Gasteiger partial charge in [0.25, 0.3) is 0 Å². The van der Waals surface area contributed by atoms with E-state index in [0.29, 0.717) is 6.54 Å². The molecule has 1 saturated heterocycles. The van der Waals surface area contributed by atoms with Crippen molar-refractivity contribution in [2.75, 3.05) is 13.1 Å². The minimum absolute atomic E-state index is 0.0121. The monoisotopic (exact) mass is 346 g/mol. The van der Waals surface area contributed by atoms with Gasteiger partial charge in [-0.15, -0.1) is 0 Å². The third-order valence-electron chi connectivity index (χ3n) is 3.99. The maximum atomic E-state index is 13.0. The molecule has 132 valence electrons. The van der Waals surface area contributed by atoms with Crippen molar-refractivity contribution in [3.63, 3.8) is 0 Å². The van der Waals surface area contributed by atoms with E-state index in [4.69, 9.17) is 0 Å². The van der Waals surface area contributed by atoms with Crippen molar-refractivity contribution in [3.8, 4) is 0 Å². The lowest BCUT2D eigenvalue weighted by molar-refractivity contribution is -0.143. The Morgan fingerprint density at radius 3 is 2.46 bits per heavy atom. The highest BCUT2D eigenvalue weighted by Crippen LogP contribution is 2.30. The zero-order chi connectivity index (χ0) is 17.9. The van der Waals surface area contributed by atoms with Crippen LogP contribution in [0.15, 0.2) is 24.3 Å². The molecule has 0 saturated carbocycles. The lowest BCUT2D eigenvalue weighted by Crippen LogP contribution is -2.37. The fraction of sp³-hybridized carbons (Fsp3) is 0.500. The van der Waals surface area contributed by atoms with Gasteiger partial charge in [-0.25, -0.2) is 4.39 Å². The molecule has 1 aliphatic rings. The zero-order valence-corrected chi connectivity index (χ0v) is 13.1. The molecule has 4 nitrogen and oxygen atoms in total. The van der Waals surface area contributed by atoms with Crippen molar-refractivity contribution in [1.82, 2.24) is 10.2 Å². The second kappa shape index (κ2) is 7.19. The molecule has 2 rings (SSSR count). The molecule has 24 heavy (non-hydrogen) atoms. The topological polar surface area (TPSA) is 49.4 Å². The van der Waals surface area contributed by atoms with Crippen molar-refractivity contribution < 1.29 is 27.2 Å². The molecular formula is C16H18F4N2O2. The van der Waals surface area contributed by atoms with E-state index >= 15 is 0 Å². The third-order valence-corrected chi connectivity index (χ3v) is 3.99. The van der Waals surface area contributed by atoms with E-state index in [1.807, 2.05) is 0 Å². The minimum atomic E-state index is -4.49. The smallest absolute Gasteiger partial charge is 0.349 e. The number of hydrogen-bond acceptors (Lipinski definition) is 2. The van der Waals surface area contributed by atoms with Crippen LogP contribution in [0.25, 0.3) is 0 Å². The Hall–Kier alpha value is -2.12. The Morgan fingerprint density at radius 2 is 1.96 bits per heavy atom. The fourth-order valence-corrected chi connectivity index (χ4v) is 2.72. The van der Waals surface area contributed by atoms with E-state index in [0.717, 1.165) is 12.1 Å². The zero-order valence-electron chi connectivity index (χ0n) is 13.1. The molecule has 1 aromatic carbocycles. The fourth-order valence-electron chi connectivity index (χ4n) is 2.72. The molecule has 1 fully saturated rings. The summed E-state index contributed by atoms with van der Waals surface area (Å²) < 4.78 is 51.3. The van der Waals surface area contributed by atoms with Crippen molar-refractivity contribution in [2.45, 2.75) is 32.0 Å². The van der Waals surface area contributed by atoms with Crippen LogP contribution in [0.4, 0.5) is 17.6 Å². The molecule has 1 N–H and O–H groups in total. The van der Waals surface area contributed by atoms with Crippen LogP contribution in [0.5, 0.6) is 0 Å². The summed E-state index contributed by atoms with van der Waals surface area (Å²) >= 11 is 0. The Balaban J connectivity index is 2.12. The molecule has 1 aromatic rings. The van der Waals surface area contributed by atoms with Crippen molar-refractivity contribution in [3.05, 3.63) is 35.6 Å². The van der Waals surface area contributed by atoms with E-state index in [1.165, 1.54) is 17.0 Å². The van der Waals surface area contributed by atoms with Gasteiger partial charge < -0.3 is 10.2 Å². The van der Waals surface area contributed by atoms with Gasteiger partial charge in [-0.1, -0.05) is 12.1 Å². The van der Waals surface area contributed by atoms with Crippen LogP contribution in [-0.4, -0.2) is 36.0 Å². The summed E-state index contributed by atoms with van der Waals surface area (Å²) in [4.78, 5) is 25.4. The number of benzene rings is 1. The second-order valence-electron chi connectivity index (χ2n) is 5.77. The SMILES string of the molecule is CCN1C[C@@H](C(=O)N[C@@H](CC(F)(F)F)c2ccc(F)cc2)CC1=O. The number of halogens is 4. The van der Waals surface area contributed by atoms with E-state index in [9.17, 15) is 27.2 Å². The number of carbonyl (C=O) groups is 2. The number of alkyl halides is 3. The number of carbonyl (C=O) groups excluding carboxylic acids is 2. The Bertz CT molecular complexity index is 601. The largest absolute Gasteiger partial charge is 0.391 e. The van der Waals surface area contributed by atoms with Crippen LogP contribution < -0.4 is 5.32 Å². The van der Waals surface area contributed by atoms with Crippen LogP contribution in [0.2, 0.25) is 0 Å². The number of rotatable bonds is 5. The van der Waals surface area contributed by atoms with E-state index < -0.39 is 36.3 Å². The van der Waals surface area contributed by atoms with Crippen LogP contribution in [0.1, 0.15) is 31.4 Å². The van der Waals surface area contributed by atoms with Gasteiger partial charge in [0.05, 0.1) is 18.4 Å². The average Bonchev–Trinajstić information content (AvgIpc) is 2.87. The Morgan fingerprint density at radius 1 is 1.33 bits per heavy atom. The van der Waals surface area contributed by atoms with Gasteiger partial charge >= 0.3 is 6.18 Å². The van der Waals surface area contributed by atoms with Gasteiger partial charge in [0, 0.05) is 19.5 Å². The number of nitrogens with one attached hydrogen (secondary N) is 1. The molecule has 1 aliphatic heterocycles. The van der Waals surface area contributed by atoms with Gasteiger partial charge in [0.15, 0.2) is 0 Å². The molecule has 8 heteroatoms. The molecule has 0 unspecified atom stereocenters. The van der Waals surface area contributed by atoms with Crippen LogP contribution in [-0.2, 0) is 9.59 Å². The Labute approximate surface area is 136 Å². The maximum absolute atomic E-state index is 13.0. The summed E-state index contributed by atoms with van der Waals surface area (Å²) in [5.74, 6) is -2.03. The standard InChI is InChI=1S/C16H18F4N2O2/c1-2-22-9-11(7-14(22)23)15(24)21-13(8-16(18,19)20)10-3-5-12(17)6-4-10/h3-6,11,13H,2,7-9H2,1H3,(H,21,24)/t11-,13-/m0/s1. The molecule has 0 spiro atoms. The second-order valence-corrected chi connectivity index (χ2v) is 5.77. The lowest BCUT2D eigenvalue weighted by Gasteiger charge is -2.22. The maximum Gasteiger partial charge on any atom is 0.391 e. The van der Waals surface area contributed by atoms with Gasteiger partial charge in [-0.2, -0.15) is 13.2 Å². The number of amides is 2. The molecule has 0 aliphatic carbocycles. The van der Waals surface area contributed by atoms with Crippen LogP contribution in [0, 0.1) is 11.7 Å². The molecular weight excluding hydrogens is 328 g/mol. The molecule has 0 radical (unpaired) electrons. The first kappa shape index (κ1) is 18.2. The highest BCUT2D eigenvalue weighted by Gasteiger charge is 2.37. The minimum Gasteiger partial charge on any atom is -0.349 e. The highest BCUT2D eigenvalue weighted by atomic mass is 19.4. The van der Waals surface area contributed by atoms with E-state index in [2.05, 4.69) is 5.32 Å². The Kier molecular flexibility index (Phi) is 5.46. The highest BCUT2D eigenvalue weighted by molar-refractivity contribution is 5.89. The molecule has 0 bridgehead atoms. The first-order chi connectivity index (χ1) is 11.2.